The highest BCUT2D eigenvalue weighted by Crippen LogP contribution is 2.22. The molecule has 1 heterocycles. The van der Waals surface area contributed by atoms with E-state index in [2.05, 4.69) is 15.5 Å². The van der Waals surface area contributed by atoms with Gasteiger partial charge in [0.1, 0.15) is 6.07 Å². The van der Waals surface area contributed by atoms with Gasteiger partial charge in [-0.25, -0.2) is 10.4 Å². The molecule has 0 aliphatic rings. The van der Waals surface area contributed by atoms with Crippen LogP contribution in [-0.2, 0) is 0 Å². The van der Waals surface area contributed by atoms with Crippen LogP contribution in [0, 0.1) is 21.4 Å². The summed E-state index contributed by atoms with van der Waals surface area (Å²) in [5.41, 5.74) is 3.41. The fraction of sp³-hybridized carbons (Fsp3) is 0.214. The van der Waals surface area contributed by atoms with E-state index in [1.165, 1.54) is 18.3 Å². The summed E-state index contributed by atoms with van der Waals surface area (Å²) in [5.74, 6) is 0.676. The third kappa shape index (κ3) is 3.46. The molecule has 112 valence electrons. The van der Waals surface area contributed by atoms with E-state index in [9.17, 15) is 10.1 Å². The summed E-state index contributed by atoms with van der Waals surface area (Å²) < 4.78 is 5.41. The first-order valence-electron chi connectivity index (χ1n) is 6.45. The van der Waals surface area contributed by atoms with Crippen LogP contribution in [0.15, 0.2) is 33.8 Å². The van der Waals surface area contributed by atoms with Crippen LogP contribution in [0.4, 0.5) is 11.6 Å². The van der Waals surface area contributed by atoms with E-state index in [-0.39, 0.29) is 23.2 Å². The Kier molecular flexibility index (Phi) is 4.48. The lowest BCUT2D eigenvalue weighted by molar-refractivity contribution is -0.384. The van der Waals surface area contributed by atoms with E-state index in [0.717, 1.165) is 0 Å². The highest BCUT2D eigenvalue weighted by Gasteiger charge is 2.14. The van der Waals surface area contributed by atoms with Gasteiger partial charge in [-0.15, -0.1) is 0 Å². The average Bonchev–Trinajstić information content (AvgIpc) is 2.91. The summed E-state index contributed by atoms with van der Waals surface area (Å²) in [6.45, 7) is 3.80. The summed E-state index contributed by atoms with van der Waals surface area (Å²) in [4.78, 5) is 14.1. The molecule has 0 saturated heterocycles. The Morgan fingerprint density at radius 3 is 2.68 bits per heavy atom. The number of hydrazone groups is 1. The molecule has 0 fully saturated rings. The molecule has 0 atom stereocenters. The first-order valence-corrected chi connectivity index (χ1v) is 6.45. The van der Waals surface area contributed by atoms with E-state index < -0.39 is 4.92 Å². The average molecular weight is 299 g/mol. The molecule has 0 aliphatic carbocycles. The van der Waals surface area contributed by atoms with Gasteiger partial charge in [0.05, 0.1) is 11.1 Å². The molecule has 1 aromatic heterocycles. The maximum atomic E-state index is 10.5. The van der Waals surface area contributed by atoms with E-state index in [0.29, 0.717) is 11.5 Å². The smallest absolute Gasteiger partial charge is 0.269 e. The second kappa shape index (κ2) is 6.49. The van der Waals surface area contributed by atoms with E-state index in [1.807, 2.05) is 19.9 Å². The van der Waals surface area contributed by atoms with Crippen molar-refractivity contribution in [1.82, 2.24) is 4.98 Å². The molecule has 2 rings (SSSR count). The summed E-state index contributed by atoms with van der Waals surface area (Å²) in [6.07, 6.45) is 1.46. The second-order valence-corrected chi connectivity index (χ2v) is 4.71. The van der Waals surface area contributed by atoms with E-state index >= 15 is 0 Å². The molecule has 1 aromatic carbocycles. The first-order chi connectivity index (χ1) is 10.5. The molecule has 22 heavy (non-hydrogen) atoms. The molecule has 1 N–H and O–H groups in total. The number of nitrogens with one attached hydrogen (secondary N) is 1. The monoisotopic (exact) mass is 299 g/mol. The third-order valence-electron chi connectivity index (χ3n) is 2.73. The molecule has 0 spiro atoms. The van der Waals surface area contributed by atoms with Gasteiger partial charge in [-0.3, -0.25) is 10.1 Å². The summed E-state index contributed by atoms with van der Waals surface area (Å²) in [5, 5.41) is 23.5. The van der Waals surface area contributed by atoms with Gasteiger partial charge in [0.2, 0.25) is 11.6 Å². The van der Waals surface area contributed by atoms with E-state index in [1.54, 1.807) is 12.1 Å². The fourth-order valence-electron chi connectivity index (χ4n) is 1.58. The van der Waals surface area contributed by atoms with Crippen LogP contribution < -0.4 is 5.43 Å². The molecule has 0 bridgehead atoms. The predicted molar refractivity (Wildman–Crippen MR) is 79.6 cm³/mol. The normalized spacial score (nSPS) is 10.8. The third-order valence-corrected chi connectivity index (χ3v) is 2.73. The second-order valence-electron chi connectivity index (χ2n) is 4.71. The number of hydrogen-bond donors (Lipinski definition) is 1. The van der Waals surface area contributed by atoms with Crippen LogP contribution >= 0.6 is 0 Å². The van der Waals surface area contributed by atoms with Gasteiger partial charge >= 0.3 is 0 Å². The Balaban J connectivity index is 2.09. The zero-order valence-corrected chi connectivity index (χ0v) is 12.0. The van der Waals surface area contributed by atoms with Gasteiger partial charge in [0.25, 0.3) is 11.6 Å². The van der Waals surface area contributed by atoms with Crippen LogP contribution in [0.5, 0.6) is 0 Å². The number of anilines is 1. The topological polar surface area (TPSA) is 117 Å². The number of rotatable bonds is 5. The zero-order chi connectivity index (χ0) is 16.1. The van der Waals surface area contributed by atoms with Crippen LogP contribution in [-0.4, -0.2) is 16.1 Å². The number of nitro groups is 1. The molecule has 8 nitrogen and oxygen atoms in total. The van der Waals surface area contributed by atoms with Crippen molar-refractivity contribution < 1.29 is 9.34 Å². The van der Waals surface area contributed by atoms with Gasteiger partial charge in [0, 0.05) is 18.1 Å². The Bertz CT molecular complexity index is 741. The van der Waals surface area contributed by atoms with Crippen LogP contribution in [0.1, 0.15) is 36.9 Å². The van der Waals surface area contributed by atoms with Crippen LogP contribution in [0.3, 0.4) is 0 Å². The fourth-order valence-corrected chi connectivity index (χ4v) is 1.58. The van der Waals surface area contributed by atoms with Crippen LogP contribution in [0.25, 0.3) is 0 Å². The maximum Gasteiger partial charge on any atom is 0.269 e. The largest absolute Gasteiger partial charge is 0.422 e. The van der Waals surface area contributed by atoms with Crippen molar-refractivity contribution in [3.63, 3.8) is 0 Å². The van der Waals surface area contributed by atoms with Crippen molar-refractivity contribution >= 4 is 17.8 Å². The molecule has 0 amide bonds. The molecule has 8 heteroatoms. The summed E-state index contributed by atoms with van der Waals surface area (Å²) >= 11 is 0. The molecule has 0 aliphatic heterocycles. The standard InChI is InChI=1S/C14H13N5O3/c1-9(2)13-17-12(7-15)14(22-13)18-16-8-10-3-5-11(6-4-10)19(20)21/h3-6,8-9,18H,1-2H3/b16-8+. The van der Waals surface area contributed by atoms with Crippen molar-refractivity contribution in [2.75, 3.05) is 5.43 Å². The summed E-state index contributed by atoms with van der Waals surface area (Å²) in [6, 6.07) is 7.82. The van der Waals surface area contributed by atoms with Gasteiger partial charge in [-0.2, -0.15) is 10.4 Å². The minimum Gasteiger partial charge on any atom is -0.422 e. The number of non-ortho nitro benzene ring substituents is 1. The maximum absolute atomic E-state index is 10.5. The number of benzene rings is 1. The molecule has 2 aromatic rings. The minimum atomic E-state index is -0.472. The Hall–Kier alpha value is -3.21. The molecule has 0 unspecified atom stereocenters. The van der Waals surface area contributed by atoms with Gasteiger partial charge in [-0.1, -0.05) is 13.8 Å². The molecule has 0 saturated carbocycles. The lowest BCUT2D eigenvalue weighted by atomic mass is 10.2. The molecular weight excluding hydrogens is 286 g/mol. The number of aromatic nitrogens is 1. The number of nitro benzene ring substituents is 1. The highest BCUT2D eigenvalue weighted by molar-refractivity contribution is 5.80. The van der Waals surface area contributed by atoms with Gasteiger partial charge in [0.15, 0.2) is 0 Å². The first kappa shape index (κ1) is 15.2. The van der Waals surface area contributed by atoms with Crippen molar-refractivity contribution in [2.24, 2.45) is 5.10 Å². The molecular formula is C14H13N5O3. The summed E-state index contributed by atoms with van der Waals surface area (Å²) in [7, 11) is 0. The lowest BCUT2D eigenvalue weighted by Crippen LogP contribution is -1.92. The zero-order valence-electron chi connectivity index (χ0n) is 12.0. The van der Waals surface area contributed by atoms with Crippen molar-refractivity contribution in [1.29, 1.82) is 5.26 Å². The number of oxazole rings is 1. The highest BCUT2D eigenvalue weighted by atomic mass is 16.6. The lowest BCUT2D eigenvalue weighted by Gasteiger charge is -1.97. The number of nitriles is 1. The number of hydrogen-bond acceptors (Lipinski definition) is 7. The van der Waals surface area contributed by atoms with Crippen molar-refractivity contribution in [2.45, 2.75) is 19.8 Å². The Labute approximate surface area is 126 Å². The minimum absolute atomic E-state index is 0.00804. The van der Waals surface area contributed by atoms with Crippen molar-refractivity contribution in [3.8, 4) is 6.07 Å². The van der Waals surface area contributed by atoms with Crippen molar-refractivity contribution in [3.05, 3.63) is 51.5 Å². The van der Waals surface area contributed by atoms with Crippen LogP contribution in [0.2, 0.25) is 0 Å². The quantitative estimate of drug-likeness (QED) is 0.515. The van der Waals surface area contributed by atoms with Gasteiger partial charge < -0.3 is 4.42 Å². The van der Waals surface area contributed by atoms with Gasteiger partial charge in [-0.05, 0) is 17.7 Å². The van der Waals surface area contributed by atoms with E-state index in [4.69, 9.17) is 9.68 Å². The Morgan fingerprint density at radius 1 is 1.45 bits per heavy atom. The Morgan fingerprint density at radius 2 is 2.14 bits per heavy atom. The molecule has 0 radical (unpaired) electrons. The number of nitrogens with zero attached hydrogens (tertiary/aromatic N) is 4. The SMILES string of the molecule is CC(C)c1nc(C#N)c(N/N=C/c2ccc([N+](=O)[O-])cc2)o1. The predicted octanol–water partition coefficient (Wildman–Crippen LogP) is 3.02.